The molecule has 2 aromatic carbocycles. The number of rotatable bonds is 3. The minimum atomic E-state index is 1.10. The lowest BCUT2D eigenvalue weighted by Crippen LogP contribution is -1.83. The molecule has 0 saturated heterocycles. The molecule has 88 valence electrons. The molecule has 0 bridgehead atoms. The van der Waals surface area contributed by atoms with Crippen LogP contribution in [0.3, 0.4) is 0 Å². The Labute approximate surface area is 121 Å². The Hall–Kier alpha value is -0.480. The lowest BCUT2D eigenvalue weighted by molar-refractivity contribution is 1.13. The molecule has 0 aromatic heterocycles. The van der Waals surface area contributed by atoms with Gasteiger partial charge in [-0.15, -0.1) is 0 Å². The van der Waals surface area contributed by atoms with Crippen LogP contribution in [0.1, 0.15) is 18.1 Å². The number of hydrogen-bond acceptors (Lipinski definition) is 1. The molecule has 0 saturated carbocycles. The maximum atomic E-state index is 2.35. The van der Waals surface area contributed by atoms with Crippen molar-refractivity contribution in [1.82, 2.24) is 0 Å². The first-order valence-corrected chi connectivity index (χ1v) is 7.61. The third kappa shape index (κ3) is 3.49. The highest BCUT2D eigenvalue weighted by atomic mass is 127. The van der Waals surface area contributed by atoms with Crippen LogP contribution in [0.25, 0.3) is 0 Å². The van der Waals surface area contributed by atoms with Gasteiger partial charge in [-0.2, -0.15) is 0 Å². The topological polar surface area (TPSA) is 0 Å². The van der Waals surface area contributed by atoms with Crippen molar-refractivity contribution in [2.24, 2.45) is 0 Å². The largest absolute Gasteiger partial charge is 0.0898 e. The summed E-state index contributed by atoms with van der Waals surface area (Å²) >= 11 is 4.19. The van der Waals surface area contributed by atoms with Crippen LogP contribution < -0.4 is 0 Å². The van der Waals surface area contributed by atoms with Gasteiger partial charge in [0.1, 0.15) is 0 Å². The van der Waals surface area contributed by atoms with Gasteiger partial charge in [0.2, 0.25) is 0 Å². The second-order valence-electron chi connectivity index (χ2n) is 4.01. The highest BCUT2D eigenvalue weighted by Crippen LogP contribution is 2.31. The summed E-state index contributed by atoms with van der Waals surface area (Å²) in [5, 5.41) is 0. The van der Waals surface area contributed by atoms with Crippen LogP contribution in [0.15, 0.2) is 52.3 Å². The van der Waals surface area contributed by atoms with E-state index in [4.69, 9.17) is 0 Å². The van der Waals surface area contributed by atoms with Gasteiger partial charge in [0, 0.05) is 13.4 Å². The zero-order chi connectivity index (χ0) is 12.3. The quantitative estimate of drug-likeness (QED) is 0.673. The normalized spacial score (nSPS) is 10.5. The molecule has 17 heavy (non-hydrogen) atoms. The molecule has 0 heterocycles. The Morgan fingerprint density at radius 2 is 1.76 bits per heavy atom. The first-order valence-electron chi connectivity index (χ1n) is 5.72. The van der Waals surface area contributed by atoms with Crippen LogP contribution in [0.2, 0.25) is 0 Å². The van der Waals surface area contributed by atoms with Crippen molar-refractivity contribution in [1.29, 1.82) is 0 Å². The Balaban J connectivity index is 2.19. The van der Waals surface area contributed by atoms with Gasteiger partial charge in [0.05, 0.1) is 0 Å². The van der Waals surface area contributed by atoms with Gasteiger partial charge in [0.15, 0.2) is 0 Å². The fraction of sp³-hybridized carbons (Fsp3) is 0.200. The molecule has 2 aromatic rings. The third-order valence-electron chi connectivity index (χ3n) is 2.70. The third-order valence-corrected chi connectivity index (χ3v) is 4.55. The van der Waals surface area contributed by atoms with Crippen molar-refractivity contribution >= 4 is 34.4 Å². The van der Waals surface area contributed by atoms with Crippen molar-refractivity contribution in [3.63, 3.8) is 0 Å². The van der Waals surface area contributed by atoms with E-state index in [1.165, 1.54) is 24.5 Å². The van der Waals surface area contributed by atoms with E-state index in [-0.39, 0.29) is 0 Å². The SMILES string of the molecule is CCc1ccc(Sc2ccc(I)cc2C)cc1. The summed E-state index contributed by atoms with van der Waals surface area (Å²) in [6.07, 6.45) is 1.10. The minimum absolute atomic E-state index is 1.10. The van der Waals surface area contributed by atoms with Gasteiger partial charge in [-0.3, -0.25) is 0 Å². The molecule has 0 aliphatic heterocycles. The van der Waals surface area contributed by atoms with E-state index < -0.39 is 0 Å². The molecule has 0 N–H and O–H groups in total. The summed E-state index contributed by atoms with van der Waals surface area (Å²) in [4.78, 5) is 2.65. The van der Waals surface area contributed by atoms with Crippen LogP contribution in [0.5, 0.6) is 0 Å². The van der Waals surface area contributed by atoms with E-state index in [0.717, 1.165) is 6.42 Å². The van der Waals surface area contributed by atoms with Crippen molar-refractivity contribution in [3.8, 4) is 0 Å². The number of aryl methyl sites for hydroxylation is 2. The molecule has 0 unspecified atom stereocenters. The monoisotopic (exact) mass is 354 g/mol. The summed E-state index contributed by atoms with van der Waals surface area (Å²) < 4.78 is 1.30. The van der Waals surface area contributed by atoms with Gasteiger partial charge in [0.25, 0.3) is 0 Å². The van der Waals surface area contributed by atoms with Gasteiger partial charge < -0.3 is 0 Å². The molecule has 0 fully saturated rings. The Morgan fingerprint density at radius 3 is 2.35 bits per heavy atom. The molecule has 0 radical (unpaired) electrons. The van der Waals surface area contributed by atoms with Gasteiger partial charge in [-0.25, -0.2) is 0 Å². The van der Waals surface area contributed by atoms with E-state index in [1.807, 2.05) is 11.8 Å². The highest BCUT2D eigenvalue weighted by Gasteiger charge is 2.01. The van der Waals surface area contributed by atoms with E-state index in [1.54, 1.807) is 0 Å². The van der Waals surface area contributed by atoms with Gasteiger partial charge >= 0.3 is 0 Å². The van der Waals surface area contributed by atoms with Crippen LogP contribution in [0, 0.1) is 10.5 Å². The molecule has 0 spiro atoms. The van der Waals surface area contributed by atoms with Gasteiger partial charge in [-0.1, -0.05) is 30.8 Å². The molecule has 2 rings (SSSR count). The molecule has 0 aliphatic rings. The molecule has 0 amide bonds. The lowest BCUT2D eigenvalue weighted by atomic mass is 10.2. The predicted octanol–water partition coefficient (Wildman–Crippen LogP) is 5.31. The average Bonchev–Trinajstić information content (AvgIpc) is 2.34. The first kappa shape index (κ1) is 13.0. The molecular formula is C15H15IS. The Morgan fingerprint density at radius 1 is 1.06 bits per heavy atom. The standard InChI is InChI=1S/C15H15IS/c1-3-12-4-7-14(8-5-12)17-15-9-6-13(16)10-11(15)2/h4-10H,3H2,1-2H3. The fourth-order valence-corrected chi connectivity index (χ4v) is 3.18. The molecule has 0 atom stereocenters. The Bertz CT molecular complexity index is 503. The fourth-order valence-electron chi connectivity index (χ4n) is 1.65. The minimum Gasteiger partial charge on any atom is -0.0898 e. The molecule has 0 aliphatic carbocycles. The van der Waals surface area contributed by atoms with E-state index in [2.05, 4.69) is 78.9 Å². The summed E-state index contributed by atoms with van der Waals surface area (Å²) in [5.74, 6) is 0. The van der Waals surface area contributed by atoms with Crippen molar-refractivity contribution < 1.29 is 0 Å². The molecule has 2 heteroatoms. The molecule has 0 nitrogen and oxygen atoms in total. The van der Waals surface area contributed by atoms with Crippen LogP contribution >= 0.6 is 34.4 Å². The zero-order valence-corrected chi connectivity index (χ0v) is 13.0. The van der Waals surface area contributed by atoms with E-state index >= 15 is 0 Å². The summed E-state index contributed by atoms with van der Waals surface area (Å²) in [6, 6.07) is 15.4. The molecular weight excluding hydrogens is 339 g/mol. The van der Waals surface area contributed by atoms with Crippen LogP contribution in [-0.2, 0) is 6.42 Å². The van der Waals surface area contributed by atoms with E-state index in [9.17, 15) is 0 Å². The second-order valence-corrected chi connectivity index (χ2v) is 6.37. The van der Waals surface area contributed by atoms with Crippen molar-refractivity contribution in [2.45, 2.75) is 30.1 Å². The van der Waals surface area contributed by atoms with Crippen molar-refractivity contribution in [3.05, 3.63) is 57.2 Å². The average molecular weight is 354 g/mol. The summed E-state index contributed by atoms with van der Waals surface area (Å²) in [5.41, 5.74) is 2.75. The smallest absolute Gasteiger partial charge is 0.0152 e. The van der Waals surface area contributed by atoms with Crippen LogP contribution in [-0.4, -0.2) is 0 Å². The number of benzene rings is 2. The van der Waals surface area contributed by atoms with Gasteiger partial charge in [-0.05, 0) is 77.4 Å². The maximum Gasteiger partial charge on any atom is 0.0152 e. The Kier molecular flexibility index (Phi) is 4.51. The predicted molar refractivity (Wildman–Crippen MR) is 83.8 cm³/mol. The maximum absolute atomic E-state index is 2.35. The second kappa shape index (κ2) is 5.91. The van der Waals surface area contributed by atoms with Crippen molar-refractivity contribution in [2.75, 3.05) is 0 Å². The first-order chi connectivity index (χ1) is 8.19. The van der Waals surface area contributed by atoms with E-state index in [0.29, 0.717) is 0 Å². The zero-order valence-electron chi connectivity index (χ0n) is 10.0. The van der Waals surface area contributed by atoms with Crippen LogP contribution in [0.4, 0.5) is 0 Å². The lowest BCUT2D eigenvalue weighted by Gasteiger charge is -2.06. The summed E-state index contributed by atoms with van der Waals surface area (Å²) in [6.45, 7) is 4.36. The number of hydrogen-bond donors (Lipinski definition) is 0. The summed E-state index contributed by atoms with van der Waals surface area (Å²) in [7, 11) is 0. The number of halogens is 1. The highest BCUT2D eigenvalue weighted by molar-refractivity contribution is 14.1.